The molecule has 2 saturated heterocycles. The molecular formula is C19H31N5S. The number of hydrogen-bond donors (Lipinski definition) is 2. The number of allylic oxidation sites excluding steroid dienone is 4. The van der Waals surface area contributed by atoms with Crippen molar-refractivity contribution in [1.29, 1.82) is 5.26 Å². The van der Waals surface area contributed by atoms with Crippen LogP contribution < -0.4 is 10.5 Å². The molecule has 2 aliphatic heterocycles. The Balaban J connectivity index is 0.000000258. The van der Waals surface area contributed by atoms with Gasteiger partial charge in [0.2, 0.25) is 0 Å². The van der Waals surface area contributed by atoms with E-state index in [4.69, 9.17) is 10.4 Å². The van der Waals surface area contributed by atoms with Gasteiger partial charge in [0, 0.05) is 50.4 Å². The van der Waals surface area contributed by atoms with Crippen molar-refractivity contribution in [1.82, 2.24) is 14.5 Å². The molecule has 5 nitrogen and oxygen atoms in total. The molecule has 0 spiro atoms. The third-order valence-corrected chi connectivity index (χ3v) is 6.15. The summed E-state index contributed by atoms with van der Waals surface area (Å²) >= 11 is 1.31. The van der Waals surface area contributed by atoms with E-state index < -0.39 is 0 Å². The smallest absolute Gasteiger partial charge is 0.0642 e. The number of nitrogens with zero attached hydrogens (tertiary/aromatic N) is 3. The average Bonchev–Trinajstić information content (AvgIpc) is 3.45. The molecule has 25 heavy (non-hydrogen) atoms. The SMILES string of the molecule is C1=CCCC=C1.N#CCC1(N2CCC(NC3CC3)CC2)CN(SN)C1. The first-order valence-electron chi connectivity index (χ1n) is 9.57. The minimum absolute atomic E-state index is 0.0751. The topological polar surface area (TPSA) is 68.3 Å². The first-order valence-corrected chi connectivity index (χ1v) is 10.4. The molecule has 6 heteroatoms. The molecule has 0 aromatic rings. The summed E-state index contributed by atoms with van der Waals surface area (Å²) < 4.78 is 2.14. The lowest BCUT2D eigenvalue weighted by atomic mass is 9.84. The minimum Gasteiger partial charge on any atom is -0.311 e. The Morgan fingerprint density at radius 3 is 2.12 bits per heavy atom. The van der Waals surface area contributed by atoms with Gasteiger partial charge in [-0.05, 0) is 38.5 Å². The number of rotatable bonds is 5. The Hall–Kier alpha value is -0.840. The first-order chi connectivity index (χ1) is 12.3. The summed E-state index contributed by atoms with van der Waals surface area (Å²) in [6.45, 7) is 4.11. The molecular weight excluding hydrogens is 330 g/mol. The molecule has 4 aliphatic rings. The number of nitrogens with two attached hydrogens (primary N) is 1. The maximum absolute atomic E-state index is 9.09. The fourth-order valence-electron chi connectivity index (χ4n) is 3.90. The largest absolute Gasteiger partial charge is 0.311 e. The Bertz CT molecular complexity index is 496. The molecule has 4 rings (SSSR count). The molecule has 0 radical (unpaired) electrons. The van der Waals surface area contributed by atoms with Gasteiger partial charge in [-0.3, -0.25) is 10.0 Å². The minimum atomic E-state index is 0.0751. The van der Waals surface area contributed by atoms with E-state index in [1.807, 2.05) is 0 Å². The lowest BCUT2D eigenvalue weighted by Crippen LogP contribution is -2.69. The second-order valence-corrected chi connectivity index (χ2v) is 8.33. The number of nitrogens with one attached hydrogen (secondary N) is 1. The molecule has 0 aromatic heterocycles. The summed E-state index contributed by atoms with van der Waals surface area (Å²) in [5.41, 5.74) is 0.0751. The molecule has 0 amide bonds. The normalized spacial score (nSPS) is 26.4. The van der Waals surface area contributed by atoms with Crippen LogP contribution in [0.5, 0.6) is 0 Å². The molecule has 0 bridgehead atoms. The van der Waals surface area contributed by atoms with E-state index in [0.29, 0.717) is 12.5 Å². The second-order valence-electron chi connectivity index (χ2n) is 7.60. The summed E-state index contributed by atoms with van der Waals surface area (Å²) in [4.78, 5) is 2.54. The second kappa shape index (κ2) is 9.20. The van der Waals surface area contributed by atoms with Crippen LogP contribution in [0.4, 0.5) is 0 Å². The van der Waals surface area contributed by atoms with Gasteiger partial charge in [-0.25, -0.2) is 4.31 Å². The van der Waals surface area contributed by atoms with Gasteiger partial charge >= 0.3 is 0 Å². The molecule has 0 unspecified atom stereocenters. The van der Waals surface area contributed by atoms with Crippen molar-refractivity contribution in [2.45, 2.75) is 62.6 Å². The van der Waals surface area contributed by atoms with Crippen LogP contribution in [0.2, 0.25) is 0 Å². The van der Waals surface area contributed by atoms with Crippen molar-refractivity contribution in [3.63, 3.8) is 0 Å². The van der Waals surface area contributed by atoms with E-state index >= 15 is 0 Å². The average molecular weight is 362 g/mol. The molecule has 138 valence electrons. The summed E-state index contributed by atoms with van der Waals surface area (Å²) in [6.07, 6.45) is 16.8. The van der Waals surface area contributed by atoms with Crippen LogP contribution in [0.15, 0.2) is 24.3 Å². The number of nitriles is 1. The zero-order valence-electron chi connectivity index (χ0n) is 15.1. The van der Waals surface area contributed by atoms with Crippen LogP contribution in [0.3, 0.4) is 0 Å². The standard InChI is InChI=1S/C13H23N5S.C6H8/c14-6-5-13(9-18(10-13)19-15)17-7-3-12(4-8-17)16-11-1-2-11;1-2-4-6-5-3-1/h11-12,16H,1-5,7-10,15H2;1-4H,5-6H2. The van der Waals surface area contributed by atoms with Gasteiger partial charge in [-0.15, -0.1) is 0 Å². The van der Waals surface area contributed by atoms with Crippen molar-refractivity contribution >= 4 is 12.1 Å². The summed E-state index contributed by atoms with van der Waals surface area (Å²) in [6, 6.07) is 3.87. The van der Waals surface area contributed by atoms with Crippen molar-refractivity contribution < 1.29 is 0 Å². The van der Waals surface area contributed by atoms with Crippen LogP contribution in [-0.2, 0) is 0 Å². The summed E-state index contributed by atoms with van der Waals surface area (Å²) in [5.74, 6) is 0. The number of piperidine rings is 1. The highest BCUT2D eigenvalue weighted by Gasteiger charge is 2.48. The molecule has 1 saturated carbocycles. The monoisotopic (exact) mass is 361 g/mol. The molecule has 2 heterocycles. The van der Waals surface area contributed by atoms with Gasteiger partial charge in [0.25, 0.3) is 0 Å². The van der Waals surface area contributed by atoms with Gasteiger partial charge in [0.05, 0.1) is 18.0 Å². The zero-order chi connectivity index (χ0) is 17.5. The van der Waals surface area contributed by atoms with Gasteiger partial charge in [0.1, 0.15) is 0 Å². The Kier molecular flexibility index (Phi) is 6.97. The van der Waals surface area contributed by atoms with Crippen molar-refractivity contribution in [2.24, 2.45) is 5.14 Å². The summed E-state index contributed by atoms with van der Waals surface area (Å²) in [5, 5.41) is 18.4. The Morgan fingerprint density at radius 2 is 1.68 bits per heavy atom. The van der Waals surface area contributed by atoms with Crippen LogP contribution in [0.1, 0.15) is 44.9 Å². The van der Waals surface area contributed by atoms with Crippen LogP contribution in [0, 0.1) is 11.3 Å². The van der Waals surface area contributed by atoms with Crippen molar-refractivity contribution in [3.8, 4) is 6.07 Å². The maximum Gasteiger partial charge on any atom is 0.0642 e. The fraction of sp³-hybridized carbons (Fsp3) is 0.737. The van der Waals surface area contributed by atoms with E-state index in [-0.39, 0.29) is 5.54 Å². The van der Waals surface area contributed by atoms with Crippen LogP contribution >= 0.6 is 12.1 Å². The van der Waals surface area contributed by atoms with Crippen molar-refractivity contribution in [3.05, 3.63) is 24.3 Å². The number of likely N-dealkylation sites (tertiary alicyclic amines) is 1. The molecule has 0 atom stereocenters. The van der Waals surface area contributed by atoms with E-state index in [2.05, 4.69) is 44.9 Å². The molecule has 3 fully saturated rings. The van der Waals surface area contributed by atoms with Gasteiger partial charge in [-0.2, -0.15) is 5.26 Å². The van der Waals surface area contributed by atoms with Gasteiger partial charge < -0.3 is 5.32 Å². The Morgan fingerprint density at radius 1 is 1.08 bits per heavy atom. The predicted octanol–water partition coefficient (Wildman–Crippen LogP) is 2.59. The quantitative estimate of drug-likeness (QED) is 0.734. The van der Waals surface area contributed by atoms with Crippen molar-refractivity contribution in [2.75, 3.05) is 26.2 Å². The van der Waals surface area contributed by atoms with E-state index in [1.165, 1.54) is 50.7 Å². The third kappa shape index (κ3) is 5.32. The lowest BCUT2D eigenvalue weighted by molar-refractivity contribution is -0.0212. The molecule has 0 aromatic carbocycles. The van der Waals surface area contributed by atoms with Crippen LogP contribution in [0.25, 0.3) is 0 Å². The Labute approximate surface area is 156 Å². The zero-order valence-corrected chi connectivity index (χ0v) is 15.9. The highest BCUT2D eigenvalue weighted by Crippen LogP contribution is 2.36. The summed E-state index contributed by atoms with van der Waals surface area (Å²) in [7, 11) is 0. The maximum atomic E-state index is 9.09. The van der Waals surface area contributed by atoms with E-state index in [1.54, 1.807) is 0 Å². The predicted molar refractivity (Wildman–Crippen MR) is 105 cm³/mol. The first kappa shape index (κ1) is 18.9. The lowest BCUT2D eigenvalue weighted by Gasteiger charge is -2.55. The van der Waals surface area contributed by atoms with Crippen LogP contribution in [-0.4, -0.2) is 53.0 Å². The van der Waals surface area contributed by atoms with E-state index in [9.17, 15) is 0 Å². The highest BCUT2D eigenvalue weighted by atomic mass is 32.2. The van der Waals surface area contributed by atoms with Gasteiger partial charge in [-0.1, -0.05) is 24.3 Å². The third-order valence-electron chi connectivity index (χ3n) is 5.60. The number of hydrogen-bond acceptors (Lipinski definition) is 6. The fourth-order valence-corrected chi connectivity index (χ4v) is 4.53. The van der Waals surface area contributed by atoms with E-state index in [0.717, 1.165) is 32.2 Å². The molecule has 3 N–H and O–H groups in total. The highest BCUT2D eigenvalue weighted by molar-refractivity contribution is 7.94. The van der Waals surface area contributed by atoms with Gasteiger partial charge in [0.15, 0.2) is 0 Å². The molecule has 2 aliphatic carbocycles.